The molecular weight excluding hydrogens is 370 g/mol. The van der Waals surface area contributed by atoms with Crippen molar-refractivity contribution in [2.45, 2.75) is 23.9 Å². The third-order valence-corrected chi connectivity index (χ3v) is 5.78. The fourth-order valence-electron chi connectivity index (χ4n) is 3.04. The highest BCUT2D eigenvalue weighted by atomic mass is 32.2. The number of benzene rings is 1. The standard InChI is InChI=1S/C18H19N3O5S/c1-2-10-8-27-17-13(16(24)21(17)14(10)18(25)26)20-15(23)12(19)7-9-3-5-11(22)6-4-9/h2-6,12-13,17,22H,1,7-8,19H2,(H,20,23)(H,25,26)/t12-,13+,17+/m0/s1. The van der Waals surface area contributed by atoms with E-state index in [1.165, 1.54) is 34.9 Å². The Morgan fingerprint density at radius 3 is 2.67 bits per heavy atom. The van der Waals surface area contributed by atoms with Crippen LogP contribution >= 0.6 is 11.8 Å². The molecule has 0 radical (unpaired) electrons. The Kier molecular flexibility index (Phi) is 5.24. The lowest BCUT2D eigenvalue weighted by Crippen LogP contribution is -2.71. The summed E-state index contributed by atoms with van der Waals surface area (Å²) in [6.45, 7) is 3.59. The summed E-state index contributed by atoms with van der Waals surface area (Å²) in [4.78, 5) is 37.5. The molecule has 2 aliphatic heterocycles. The number of nitrogens with zero attached hydrogens (tertiary/aromatic N) is 1. The van der Waals surface area contributed by atoms with Gasteiger partial charge in [0.15, 0.2) is 0 Å². The maximum Gasteiger partial charge on any atom is 0.352 e. The van der Waals surface area contributed by atoms with Gasteiger partial charge in [-0.2, -0.15) is 0 Å². The molecule has 2 amide bonds. The molecule has 5 N–H and O–H groups in total. The first-order valence-electron chi connectivity index (χ1n) is 8.21. The molecule has 0 saturated carbocycles. The van der Waals surface area contributed by atoms with Crippen molar-refractivity contribution in [1.29, 1.82) is 0 Å². The number of carboxylic acid groups (broad SMARTS) is 1. The highest BCUT2D eigenvalue weighted by Gasteiger charge is 2.54. The van der Waals surface area contributed by atoms with Crippen LogP contribution in [-0.4, -0.2) is 56.1 Å². The monoisotopic (exact) mass is 389 g/mol. The number of carboxylic acids is 1. The third-order valence-electron chi connectivity index (χ3n) is 4.47. The number of phenolic OH excluding ortho intramolecular Hbond substituents is 1. The number of thioether (sulfide) groups is 1. The summed E-state index contributed by atoms with van der Waals surface area (Å²) in [5, 5.41) is 20.8. The predicted octanol–water partition coefficient (Wildman–Crippen LogP) is 0.187. The predicted molar refractivity (Wildman–Crippen MR) is 99.7 cm³/mol. The maximum atomic E-state index is 12.4. The second-order valence-electron chi connectivity index (χ2n) is 6.26. The molecular formula is C18H19N3O5S. The van der Waals surface area contributed by atoms with Gasteiger partial charge in [-0.3, -0.25) is 14.5 Å². The SMILES string of the molecule is C=CC1=C(C(=O)O)N2C(=O)[C@@H](NC(=O)[C@@H](N)Cc3ccc(O)cc3)[C@H]2SC1. The van der Waals surface area contributed by atoms with Crippen molar-refractivity contribution >= 4 is 29.5 Å². The normalized spacial score (nSPS) is 22.6. The minimum absolute atomic E-state index is 0.0855. The largest absolute Gasteiger partial charge is 0.508 e. The van der Waals surface area contributed by atoms with Gasteiger partial charge in [0.2, 0.25) is 5.91 Å². The number of hydrogen-bond acceptors (Lipinski definition) is 6. The quantitative estimate of drug-likeness (QED) is 0.510. The van der Waals surface area contributed by atoms with Crippen LogP contribution in [0.4, 0.5) is 0 Å². The van der Waals surface area contributed by atoms with Crippen LogP contribution in [0.15, 0.2) is 48.2 Å². The zero-order valence-electron chi connectivity index (χ0n) is 14.3. The second-order valence-corrected chi connectivity index (χ2v) is 7.36. The van der Waals surface area contributed by atoms with Crippen LogP contribution in [0.3, 0.4) is 0 Å². The lowest BCUT2D eigenvalue weighted by molar-refractivity contribution is -0.150. The number of rotatable bonds is 6. The van der Waals surface area contributed by atoms with Crippen LogP contribution in [0.5, 0.6) is 5.75 Å². The number of phenols is 1. The zero-order valence-corrected chi connectivity index (χ0v) is 15.1. The summed E-state index contributed by atoms with van der Waals surface area (Å²) in [6, 6.07) is 4.65. The van der Waals surface area contributed by atoms with E-state index in [1.807, 2.05) is 0 Å². The number of nitrogens with one attached hydrogen (secondary N) is 1. The summed E-state index contributed by atoms with van der Waals surface area (Å²) in [6.07, 6.45) is 1.68. The maximum absolute atomic E-state index is 12.4. The number of aromatic hydroxyl groups is 1. The number of amides is 2. The lowest BCUT2D eigenvalue weighted by atomic mass is 10.0. The van der Waals surface area contributed by atoms with Gasteiger partial charge in [-0.15, -0.1) is 11.8 Å². The lowest BCUT2D eigenvalue weighted by Gasteiger charge is -2.49. The Bertz CT molecular complexity index is 836. The van der Waals surface area contributed by atoms with Crippen LogP contribution in [0.1, 0.15) is 5.56 Å². The highest BCUT2D eigenvalue weighted by molar-refractivity contribution is 8.00. The average molecular weight is 389 g/mol. The molecule has 8 nitrogen and oxygen atoms in total. The van der Waals surface area contributed by atoms with Crippen LogP contribution < -0.4 is 11.1 Å². The van der Waals surface area contributed by atoms with Gasteiger partial charge in [0.25, 0.3) is 5.91 Å². The van der Waals surface area contributed by atoms with E-state index in [2.05, 4.69) is 11.9 Å². The molecule has 0 unspecified atom stereocenters. The second kappa shape index (κ2) is 7.45. The Hall–Kier alpha value is -2.78. The zero-order chi connectivity index (χ0) is 19.7. The Labute approximate surface area is 159 Å². The molecule has 142 valence electrons. The molecule has 1 aromatic carbocycles. The van der Waals surface area contributed by atoms with E-state index in [1.54, 1.807) is 12.1 Å². The van der Waals surface area contributed by atoms with Crippen LogP contribution in [0.25, 0.3) is 0 Å². The van der Waals surface area contributed by atoms with Crippen molar-refractivity contribution < 1.29 is 24.6 Å². The highest BCUT2D eigenvalue weighted by Crippen LogP contribution is 2.40. The number of allylic oxidation sites excluding steroid dienone is 1. The van der Waals surface area contributed by atoms with Crippen molar-refractivity contribution in [2.24, 2.45) is 5.73 Å². The number of fused-ring (bicyclic) bond motifs is 1. The number of β-lactam (4-membered cyclic amide) rings is 1. The number of carbonyl (C=O) groups excluding carboxylic acids is 2. The molecule has 3 atom stereocenters. The van der Waals surface area contributed by atoms with E-state index in [0.717, 1.165) is 5.56 Å². The van der Waals surface area contributed by atoms with E-state index in [9.17, 15) is 24.6 Å². The average Bonchev–Trinajstić information content (AvgIpc) is 2.65. The van der Waals surface area contributed by atoms with E-state index < -0.39 is 35.2 Å². The molecule has 0 bridgehead atoms. The van der Waals surface area contributed by atoms with Crippen LogP contribution in [0, 0.1) is 0 Å². The molecule has 1 saturated heterocycles. The first-order valence-corrected chi connectivity index (χ1v) is 9.25. The summed E-state index contributed by atoms with van der Waals surface area (Å²) >= 11 is 1.37. The molecule has 1 fully saturated rings. The molecule has 1 aromatic rings. The van der Waals surface area contributed by atoms with Gasteiger partial charge < -0.3 is 21.3 Å². The number of carbonyl (C=O) groups is 3. The van der Waals surface area contributed by atoms with E-state index >= 15 is 0 Å². The summed E-state index contributed by atoms with van der Waals surface area (Å²) < 4.78 is 0. The van der Waals surface area contributed by atoms with Gasteiger partial charge in [-0.1, -0.05) is 24.8 Å². The van der Waals surface area contributed by atoms with E-state index in [4.69, 9.17) is 5.73 Å². The van der Waals surface area contributed by atoms with Crippen LogP contribution in [0.2, 0.25) is 0 Å². The first kappa shape index (κ1) is 19.0. The topological polar surface area (TPSA) is 133 Å². The minimum Gasteiger partial charge on any atom is -0.508 e. The van der Waals surface area contributed by atoms with Crippen molar-refractivity contribution in [1.82, 2.24) is 10.2 Å². The van der Waals surface area contributed by atoms with Gasteiger partial charge in [0.1, 0.15) is 22.9 Å². The molecule has 2 heterocycles. The number of aliphatic carboxylic acids is 1. The molecule has 0 aliphatic carbocycles. The molecule has 0 spiro atoms. The Morgan fingerprint density at radius 2 is 2.07 bits per heavy atom. The summed E-state index contributed by atoms with van der Waals surface area (Å²) in [7, 11) is 0. The van der Waals surface area contributed by atoms with Gasteiger partial charge in [-0.25, -0.2) is 4.79 Å². The number of hydrogen-bond donors (Lipinski definition) is 4. The Balaban J connectivity index is 1.65. The van der Waals surface area contributed by atoms with Gasteiger partial charge >= 0.3 is 5.97 Å². The number of nitrogens with two attached hydrogens (primary N) is 1. The van der Waals surface area contributed by atoms with Gasteiger partial charge in [0.05, 0.1) is 6.04 Å². The molecule has 0 aromatic heterocycles. The summed E-state index contributed by atoms with van der Waals surface area (Å²) in [5.74, 6) is -1.65. The van der Waals surface area contributed by atoms with Crippen LogP contribution in [-0.2, 0) is 20.8 Å². The molecule has 27 heavy (non-hydrogen) atoms. The minimum atomic E-state index is -1.20. The molecule has 2 aliphatic rings. The van der Waals surface area contributed by atoms with Crippen molar-refractivity contribution in [3.8, 4) is 5.75 Å². The molecule has 9 heteroatoms. The van der Waals surface area contributed by atoms with Gasteiger partial charge in [0, 0.05) is 5.75 Å². The van der Waals surface area contributed by atoms with E-state index in [-0.39, 0.29) is 17.9 Å². The Morgan fingerprint density at radius 1 is 1.41 bits per heavy atom. The van der Waals surface area contributed by atoms with Crippen molar-refractivity contribution in [2.75, 3.05) is 5.75 Å². The third kappa shape index (κ3) is 3.56. The van der Waals surface area contributed by atoms with E-state index in [0.29, 0.717) is 11.3 Å². The fraction of sp³-hybridized carbons (Fsp3) is 0.278. The smallest absolute Gasteiger partial charge is 0.352 e. The van der Waals surface area contributed by atoms with Crippen molar-refractivity contribution in [3.63, 3.8) is 0 Å². The molecule has 3 rings (SSSR count). The van der Waals surface area contributed by atoms with Crippen molar-refractivity contribution in [3.05, 3.63) is 53.8 Å². The van der Waals surface area contributed by atoms with Gasteiger partial charge in [-0.05, 0) is 29.7 Å². The first-order chi connectivity index (χ1) is 12.8. The summed E-state index contributed by atoms with van der Waals surface area (Å²) in [5.41, 5.74) is 7.09. The fourth-order valence-corrected chi connectivity index (χ4v) is 4.38.